The van der Waals surface area contributed by atoms with Crippen LogP contribution >= 0.6 is 0 Å². The third-order valence-corrected chi connectivity index (χ3v) is 6.95. The third kappa shape index (κ3) is 3.42. The second-order valence-corrected chi connectivity index (χ2v) is 9.02. The van der Waals surface area contributed by atoms with Gasteiger partial charge in [-0.2, -0.15) is 22.0 Å². The number of nitrogens with one attached hydrogen (secondary N) is 1. The van der Waals surface area contributed by atoms with Gasteiger partial charge in [0.1, 0.15) is 5.83 Å². The van der Waals surface area contributed by atoms with E-state index in [1.54, 1.807) is 6.92 Å². The van der Waals surface area contributed by atoms with Crippen LogP contribution in [-0.4, -0.2) is 51.7 Å². The van der Waals surface area contributed by atoms with Crippen molar-refractivity contribution in [2.45, 2.75) is 69.3 Å². The largest absolute Gasteiger partial charge is 0.454 e. The van der Waals surface area contributed by atoms with Crippen molar-refractivity contribution in [2.24, 2.45) is 11.7 Å². The van der Waals surface area contributed by atoms with Gasteiger partial charge in [-0.25, -0.2) is 9.18 Å². The van der Waals surface area contributed by atoms with Crippen LogP contribution in [0.15, 0.2) is 15.4 Å². The van der Waals surface area contributed by atoms with Crippen molar-refractivity contribution in [3.8, 4) is 0 Å². The molecule has 32 heavy (non-hydrogen) atoms. The highest BCUT2D eigenvalue weighted by Gasteiger charge is 2.63. The van der Waals surface area contributed by atoms with Crippen LogP contribution in [0.25, 0.3) is 5.57 Å². The summed E-state index contributed by atoms with van der Waals surface area (Å²) in [6.07, 6.45) is -4.37. The Labute approximate surface area is 179 Å². The van der Waals surface area contributed by atoms with E-state index in [2.05, 4.69) is 4.98 Å². The summed E-state index contributed by atoms with van der Waals surface area (Å²) >= 11 is 0. The molecule has 1 aromatic rings. The fourth-order valence-electron chi connectivity index (χ4n) is 5.10. The molecule has 4 atom stereocenters. The summed E-state index contributed by atoms with van der Waals surface area (Å²) < 4.78 is 82.7. The van der Waals surface area contributed by atoms with Gasteiger partial charge in [0.05, 0.1) is 17.6 Å². The van der Waals surface area contributed by atoms with Gasteiger partial charge in [0.15, 0.2) is 0 Å². The van der Waals surface area contributed by atoms with Gasteiger partial charge in [0.25, 0.3) is 5.56 Å². The van der Waals surface area contributed by atoms with Crippen LogP contribution in [-0.2, 0) is 0 Å². The molecule has 4 unspecified atom stereocenters. The van der Waals surface area contributed by atoms with Gasteiger partial charge in [-0.05, 0) is 44.2 Å². The second kappa shape index (κ2) is 7.47. The number of H-pyrrole nitrogens is 1. The summed E-state index contributed by atoms with van der Waals surface area (Å²) in [6.45, 7) is 2.84. The molecule has 3 aliphatic rings. The number of hydrogen-bond donors (Lipinski definition) is 2. The first-order valence-electron chi connectivity index (χ1n) is 10.5. The molecule has 0 aromatic carbocycles. The van der Waals surface area contributed by atoms with E-state index in [1.807, 2.05) is 0 Å². The maximum Gasteiger partial charge on any atom is 0.454 e. The third-order valence-electron chi connectivity index (χ3n) is 6.95. The van der Waals surface area contributed by atoms with Crippen molar-refractivity contribution in [3.05, 3.63) is 37.9 Å². The summed E-state index contributed by atoms with van der Waals surface area (Å²) in [6, 6.07) is -3.57. The normalized spacial score (nSPS) is 28.2. The van der Waals surface area contributed by atoms with Gasteiger partial charge < -0.3 is 5.73 Å². The minimum Gasteiger partial charge on any atom is -0.322 e. The van der Waals surface area contributed by atoms with Gasteiger partial charge in [0, 0.05) is 24.2 Å². The molecule has 1 aromatic heterocycles. The molecule has 0 amide bonds. The van der Waals surface area contributed by atoms with Crippen LogP contribution in [0.1, 0.15) is 56.3 Å². The van der Waals surface area contributed by atoms with Crippen molar-refractivity contribution in [1.82, 2.24) is 14.5 Å². The Hall–Kier alpha value is -2.08. The first-order valence-corrected chi connectivity index (χ1v) is 10.5. The molecule has 0 spiro atoms. The summed E-state index contributed by atoms with van der Waals surface area (Å²) in [5, 5.41) is 0. The van der Waals surface area contributed by atoms with E-state index in [9.17, 15) is 31.5 Å². The molecule has 2 fully saturated rings. The predicted molar refractivity (Wildman–Crippen MR) is 104 cm³/mol. The van der Waals surface area contributed by atoms with E-state index in [0.717, 1.165) is 12.8 Å². The number of rotatable bonds is 4. The molecular weight excluding hydrogens is 442 g/mol. The predicted octanol–water partition coefficient (Wildman–Crippen LogP) is 2.90. The van der Waals surface area contributed by atoms with Gasteiger partial charge in [-0.1, -0.05) is 6.92 Å². The zero-order valence-corrected chi connectivity index (χ0v) is 17.5. The lowest BCUT2D eigenvalue weighted by Gasteiger charge is -2.38. The Kier molecular flexibility index (Phi) is 5.39. The van der Waals surface area contributed by atoms with Gasteiger partial charge in [0.2, 0.25) is 0 Å². The van der Waals surface area contributed by atoms with E-state index < -0.39 is 53.1 Å². The first kappa shape index (κ1) is 23.1. The average Bonchev–Trinajstić information content (AvgIpc) is 3.41. The lowest BCUT2D eigenvalue weighted by atomic mass is 9.83. The van der Waals surface area contributed by atoms with Crippen molar-refractivity contribution in [2.75, 3.05) is 13.1 Å². The SMILES string of the molecule is CC1=C(F)C(N2CCC(C(N)C(F)(F)C(F)(F)F)C2)C(C)c2c1c(=O)[nH]c(=O)n2C1CC1. The molecule has 2 heterocycles. The Morgan fingerprint density at radius 3 is 2.31 bits per heavy atom. The summed E-state index contributed by atoms with van der Waals surface area (Å²) in [5.41, 5.74) is 4.51. The average molecular weight is 466 g/mol. The standard InChI is InChI=1S/C20H24F6N4O2/c1-8-12-14(30(11-3-4-11)18(32)28-17(12)31)9(2)15(13(8)21)29-6-5-10(7-29)16(27)19(22,23)20(24,25)26/h9-11,15-16H,3-7,27H2,1-2H3,(H,28,31,32). The number of allylic oxidation sites excluding steroid dienone is 1. The first-order chi connectivity index (χ1) is 14.8. The number of aromatic nitrogens is 2. The summed E-state index contributed by atoms with van der Waals surface area (Å²) in [7, 11) is 0. The molecule has 6 nitrogen and oxygen atoms in total. The number of fused-ring (bicyclic) bond motifs is 1. The Bertz CT molecular complexity index is 1070. The number of likely N-dealkylation sites (tertiary alicyclic amines) is 1. The minimum atomic E-state index is -5.78. The van der Waals surface area contributed by atoms with Gasteiger partial charge in [-0.3, -0.25) is 19.2 Å². The summed E-state index contributed by atoms with van der Waals surface area (Å²) in [5.74, 6) is -7.61. The monoisotopic (exact) mass is 466 g/mol. The molecule has 2 aliphatic carbocycles. The van der Waals surface area contributed by atoms with Crippen LogP contribution in [0.2, 0.25) is 0 Å². The molecule has 3 N–H and O–H groups in total. The van der Waals surface area contributed by atoms with Crippen LogP contribution in [0.4, 0.5) is 26.3 Å². The lowest BCUT2D eigenvalue weighted by molar-refractivity contribution is -0.293. The lowest BCUT2D eigenvalue weighted by Crippen LogP contribution is -2.56. The molecule has 0 bridgehead atoms. The number of hydrogen-bond acceptors (Lipinski definition) is 4. The maximum atomic E-state index is 15.4. The van der Waals surface area contributed by atoms with E-state index >= 15 is 4.39 Å². The fraction of sp³-hybridized carbons (Fsp3) is 0.700. The Morgan fingerprint density at radius 2 is 1.75 bits per heavy atom. The highest BCUT2D eigenvalue weighted by atomic mass is 19.4. The summed E-state index contributed by atoms with van der Waals surface area (Å²) in [4.78, 5) is 28.7. The zero-order valence-electron chi connectivity index (χ0n) is 17.5. The Morgan fingerprint density at radius 1 is 1.12 bits per heavy atom. The maximum absolute atomic E-state index is 15.4. The molecule has 1 aliphatic heterocycles. The van der Waals surface area contributed by atoms with E-state index in [-0.39, 0.29) is 36.7 Å². The van der Waals surface area contributed by atoms with Gasteiger partial charge >= 0.3 is 17.8 Å². The van der Waals surface area contributed by atoms with Crippen LogP contribution in [0, 0.1) is 5.92 Å². The van der Waals surface area contributed by atoms with Gasteiger partial charge in [-0.15, -0.1) is 0 Å². The molecule has 178 valence electrons. The number of nitrogens with zero attached hydrogens (tertiary/aromatic N) is 2. The van der Waals surface area contributed by atoms with Crippen molar-refractivity contribution in [3.63, 3.8) is 0 Å². The van der Waals surface area contributed by atoms with Crippen molar-refractivity contribution < 1.29 is 26.3 Å². The van der Waals surface area contributed by atoms with Crippen LogP contribution in [0.5, 0.6) is 0 Å². The smallest absolute Gasteiger partial charge is 0.322 e. The van der Waals surface area contributed by atoms with E-state index in [0.29, 0.717) is 5.69 Å². The molecule has 1 saturated carbocycles. The number of nitrogens with two attached hydrogens (primary N) is 1. The molecular formula is C20H24F6N4O2. The quantitative estimate of drug-likeness (QED) is 0.669. The number of halogens is 6. The minimum absolute atomic E-state index is 0.0344. The topological polar surface area (TPSA) is 84.1 Å². The second-order valence-electron chi connectivity index (χ2n) is 9.02. The van der Waals surface area contributed by atoms with E-state index in [4.69, 9.17) is 5.73 Å². The van der Waals surface area contributed by atoms with Crippen LogP contribution < -0.4 is 17.0 Å². The van der Waals surface area contributed by atoms with Crippen molar-refractivity contribution >= 4 is 5.57 Å². The Balaban J connectivity index is 1.69. The number of alkyl halides is 5. The zero-order chi connectivity index (χ0) is 23.7. The highest BCUT2D eigenvalue weighted by Crippen LogP contribution is 2.46. The molecule has 4 rings (SSSR count). The molecule has 1 saturated heterocycles. The fourth-order valence-corrected chi connectivity index (χ4v) is 5.10. The molecule has 0 radical (unpaired) electrons. The van der Waals surface area contributed by atoms with Crippen LogP contribution in [0.3, 0.4) is 0 Å². The number of aromatic amines is 1. The highest BCUT2D eigenvalue weighted by molar-refractivity contribution is 5.71. The molecule has 12 heteroatoms. The van der Waals surface area contributed by atoms with Crippen molar-refractivity contribution in [1.29, 1.82) is 0 Å². The van der Waals surface area contributed by atoms with E-state index in [1.165, 1.54) is 16.4 Å².